The summed E-state index contributed by atoms with van der Waals surface area (Å²) in [5.41, 5.74) is 1.10. The fraction of sp³-hybridized carbons (Fsp3) is 0.167. The molecule has 1 aliphatic rings. The minimum Gasteiger partial charge on any atom is -0.325 e. The molecule has 0 aliphatic carbocycles. The fourth-order valence-electron chi connectivity index (χ4n) is 1.51. The molecule has 7 heteroatoms. The highest BCUT2D eigenvalue weighted by molar-refractivity contribution is 8.23. The first-order chi connectivity index (χ1) is 9.10. The van der Waals surface area contributed by atoms with Gasteiger partial charge in [-0.2, -0.15) is 5.26 Å². The van der Waals surface area contributed by atoms with Gasteiger partial charge in [0, 0.05) is 5.69 Å². The lowest BCUT2D eigenvalue weighted by molar-refractivity contribution is -0.127. The van der Waals surface area contributed by atoms with Crippen LogP contribution in [0.2, 0.25) is 0 Å². The monoisotopic (exact) mass is 291 g/mol. The van der Waals surface area contributed by atoms with Crippen molar-refractivity contribution in [2.24, 2.45) is 0 Å². The van der Waals surface area contributed by atoms with E-state index in [4.69, 9.17) is 17.5 Å². The predicted octanol–water partition coefficient (Wildman–Crippen LogP) is 1.36. The molecule has 96 valence electrons. The summed E-state index contributed by atoms with van der Waals surface area (Å²) >= 11 is 6.24. The van der Waals surface area contributed by atoms with Gasteiger partial charge < -0.3 is 5.32 Å². The Kier molecular flexibility index (Phi) is 4.14. The van der Waals surface area contributed by atoms with Gasteiger partial charge in [0.1, 0.15) is 10.9 Å². The molecule has 0 bridgehead atoms. The quantitative estimate of drug-likeness (QED) is 0.851. The minimum atomic E-state index is -0.317. The van der Waals surface area contributed by atoms with Crippen LogP contribution in [0.3, 0.4) is 0 Å². The van der Waals surface area contributed by atoms with E-state index in [9.17, 15) is 9.59 Å². The minimum absolute atomic E-state index is 0.0787. The Labute approximate surface area is 119 Å². The van der Waals surface area contributed by atoms with Gasteiger partial charge in [-0.3, -0.25) is 14.5 Å². The van der Waals surface area contributed by atoms with Gasteiger partial charge in [0.25, 0.3) is 0 Å². The van der Waals surface area contributed by atoms with Crippen molar-refractivity contribution in [3.05, 3.63) is 29.8 Å². The summed E-state index contributed by atoms with van der Waals surface area (Å²) in [5, 5.41) is 11.3. The summed E-state index contributed by atoms with van der Waals surface area (Å²) in [6.07, 6.45) is 0. The van der Waals surface area contributed by atoms with E-state index >= 15 is 0 Å². The molecule has 0 atom stereocenters. The molecule has 1 N–H and O–H groups in total. The van der Waals surface area contributed by atoms with Crippen molar-refractivity contribution >= 4 is 45.8 Å². The van der Waals surface area contributed by atoms with Gasteiger partial charge in [-0.1, -0.05) is 24.0 Å². The number of hydrogen-bond donors (Lipinski definition) is 1. The number of thioether (sulfide) groups is 1. The van der Waals surface area contributed by atoms with Gasteiger partial charge in [0.05, 0.1) is 17.4 Å². The molecule has 1 saturated heterocycles. The lowest BCUT2D eigenvalue weighted by atomic mass is 10.2. The van der Waals surface area contributed by atoms with E-state index in [2.05, 4.69) is 5.32 Å². The summed E-state index contributed by atoms with van der Waals surface area (Å²) in [6, 6.07) is 8.48. The number of thiocarbonyl (C=S) groups is 1. The molecule has 1 aromatic rings. The molecule has 0 spiro atoms. The standard InChI is InChI=1S/C12H9N3O2S2/c13-5-8-1-3-9(4-2-8)14-10(16)6-15-11(17)7-19-12(15)18/h1-4H,6-7H2,(H,14,16). The number of benzene rings is 1. The Morgan fingerprint density at radius 1 is 1.47 bits per heavy atom. The second-order valence-corrected chi connectivity index (χ2v) is 5.38. The number of carbonyl (C=O) groups excluding carboxylic acids is 2. The summed E-state index contributed by atoms with van der Waals surface area (Å²) < 4.78 is 0.431. The number of anilines is 1. The zero-order valence-corrected chi connectivity index (χ0v) is 11.4. The Morgan fingerprint density at radius 2 is 2.16 bits per heavy atom. The molecule has 0 aromatic heterocycles. The van der Waals surface area contributed by atoms with Crippen LogP contribution < -0.4 is 5.32 Å². The van der Waals surface area contributed by atoms with Crippen LogP contribution in [0.4, 0.5) is 5.69 Å². The largest absolute Gasteiger partial charge is 0.325 e. The highest BCUT2D eigenvalue weighted by Crippen LogP contribution is 2.19. The Hall–Kier alpha value is -1.91. The maximum atomic E-state index is 11.8. The molecule has 2 rings (SSSR count). The molecule has 5 nitrogen and oxygen atoms in total. The van der Waals surface area contributed by atoms with Gasteiger partial charge >= 0.3 is 0 Å². The zero-order chi connectivity index (χ0) is 13.8. The average Bonchev–Trinajstić information content (AvgIpc) is 2.71. The average molecular weight is 291 g/mol. The lowest BCUT2D eigenvalue weighted by Crippen LogP contribution is -2.36. The van der Waals surface area contributed by atoms with E-state index in [1.165, 1.54) is 16.7 Å². The normalized spacial score (nSPS) is 14.4. The van der Waals surface area contributed by atoms with Crippen LogP contribution in [0.1, 0.15) is 5.56 Å². The van der Waals surface area contributed by atoms with Crippen LogP contribution in [0.15, 0.2) is 24.3 Å². The van der Waals surface area contributed by atoms with Crippen LogP contribution in [0, 0.1) is 11.3 Å². The van der Waals surface area contributed by atoms with E-state index in [0.717, 1.165) is 0 Å². The number of nitrogens with zero attached hydrogens (tertiary/aromatic N) is 2. The molecule has 0 unspecified atom stereocenters. The number of carbonyl (C=O) groups is 2. The highest BCUT2D eigenvalue weighted by atomic mass is 32.2. The first kappa shape index (κ1) is 13.5. The second kappa shape index (κ2) is 5.82. The molecule has 2 amide bonds. The maximum Gasteiger partial charge on any atom is 0.244 e. The first-order valence-corrected chi connectivity index (χ1v) is 6.76. The van der Waals surface area contributed by atoms with Crippen molar-refractivity contribution in [3.63, 3.8) is 0 Å². The number of rotatable bonds is 3. The highest BCUT2D eigenvalue weighted by Gasteiger charge is 2.28. The maximum absolute atomic E-state index is 11.8. The Balaban J connectivity index is 1.95. The number of amides is 2. The predicted molar refractivity (Wildman–Crippen MR) is 76.6 cm³/mol. The van der Waals surface area contributed by atoms with Gasteiger partial charge in [-0.25, -0.2) is 0 Å². The molecule has 19 heavy (non-hydrogen) atoms. The first-order valence-electron chi connectivity index (χ1n) is 5.37. The van der Waals surface area contributed by atoms with E-state index in [-0.39, 0.29) is 18.4 Å². The van der Waals surface area contributed by atoms with Crippen molar-refractivity contribution in [2.75, 3.05) is 17.6 Å². The topological polar surface area (TPSA) is 73.2 Å². The third-order valence-corrected chi connectivity index (χ3v) is 3.87. The molecule has 1 fully saturated rings. The van der Waals surface area contributed by atoms with Gasteiger partial charge in [0.2, 0.25) is 11.8 Å². The summed E-state index contributed by atoms with van der Waals surface area (Å²) in [6.45, 7) is -0.0787. The smallest absolute Gasteiger partial charge is 0.244 e. The lowest BCUT2D eigenvalue weighted by Gasteiger charge is -2.14. The van der Waals surface area contributed by atoms with Crippen molar-refractivity contribution in [1.82, 2.24) is 4.90 Å². The SMILES string of the molecule is N#Cc1ccc(NC(=O)CN2C(=O)CSC2=S)cc1. The molecule has 1 aliphatic heterocycles. The van der Waals surface area contributed by atoms with E-state index in [1.807, 2.05) is 6.07 Å². The molecule has 1 aromatic carbocycles. The third kappa shape index (κ3) is 3.30. The molecule has 0 radical (unpaired) electrons. The van der Waals surface area contributed by atoms with Gasteiger partial charge in [-0.05, 0) is 24.3 Å². The van der Waals surface area contributed by atoms with Gasteiger partial charge in [-0.15, -0.1) is 0 Å². The van der Waals surface area contributed by atoms with Gasteiger partial charge in [0.15, 0.2) is 0 Å². The summed E-state index contributed by atoms with van der Waals surface area (Å²) in [5.74, 6) is -0.170. The van der Waals surface area contributed by atoms with Crippen molar-refractivity contribution < 1.29 is 9.59 Å². The van der Waals surface area contributed by atoms with Crippen LogP contribution in [-0.4, -0.2) is 33.3 Å². The zero-order valence-electron chi connectivity index (χ0n) is 9.75. The van der Waals surface area contributed by atoms with Crippen LogP contribution in [0.5, 0.6) is 0 Å². The van der Waals surface area contributed by atoms with Crippen molar-refractivity contribution in [1.29, 1.82) is 5.26 Å². The Morgan fingerprint density at radius 3 is 2.68 bits per heavy atom. The van der Waals surface area contributed by atoms with Crippen LogP contribution in [-0.2, 0) is 9.59 Å². The molecular weight excluding hydrogens is 282 g/mol. The van der Waals surface area contributed by atoms with Crippen LogP contribution >= 0.6 is 24.0 Å². The summed E-state index contributed by atoms with van der Waals surface area (Å²) in [7, 11) is 0. The molecule has 0 saturated carbocycles. The number of nitrogens with one attached hydrogen (secondary N) is 1. The van der Waals surface area contributed by atoms with E-state index in [0.29, 0.717) is 21.3 Å². The second-order valence-electron chi connectivity index (χ2n) is 3.77. The summed E-state index contributed by atoms with van der Waals surface area (Å²) in [4.78, 5) is 24.5. The van der Waals surface area contributed by atoms with E-state index in [1.54, 1.807) is 24.3 Å². The fourth-order valence-corrected chi connectivity index (χ4v) is 2.57. The number of hydrogen-bond acceptors (Lipinski definition) is 5. The molecular formula is C12H9N3O2S2. The number of nitriles is 1. The van der Waals surface area contributed by atoms with Crippen molar-refractivity contribution in [3.8, 4) is 6.07 Å². The van der Waals surface area contributed by atoms with E-state index < -0.39 is 0 Å². The Bertz CT molecular complexity index is 562. The van der Waals surface area contributed by atoms with Crippen LogP contribution in [0.25, 0.3) is 0 Å². The third-order valence-electron chi connectivity index (χ3n) is 2.44. The molecule has 1 heterocycles. The van der Waals surface area contributed by atoms with Crippen molar-refractivity contribution in [2.45, 2.75) is 0 Å².